The van der Waals surface area contributed by atoms with Crippen LogP contribution in [0.25, 0.3) is 0 Å². The number of carbonyl (C=O) groups is 1. The molecule has 2 rings (SSSR count). The molecule has 1 aromatic carbocycles. The molecule has 0 N–H and O–H groups in total. The maximum absolute atomic E-state index is 11.4. The number of cyclic esters (lactones) is 1. The summed E-state index contributed by atoms with van der Waals surface area (Å²) < 4.78 is 10.5. The predicted molar refractivity (Wildman–Crippen MR) is 49.3 cm³/mol. The van der Waals surface area contributed by atoms with Gasteiger partial charge in [-0.25, -0.2) is 4.79 Å². The van der Waals surface area contributed by atoms with Gasteiger partial charge in [-0.3, -0.25) is 0 Å². The molecule has 1 saturated heterocycles. The molecule has 0 saturated carbocycles. The number of hydrogen-bond donors (Lipinski definition) is 0. The van der Waals surface area contributed by atoms with Crippen LogP contribution < -0.4 is 0 Å². The van der Waals surface area contributed by atoms with Gasteiger partial charge in [0.2, 0.25) is 5.79 Å². The zero-order chi connectivity index (χ0) is 10.2. The minimum atomic E-state index is -0.818. The van der Waals surface area contributed by atoms with Gasteiger partial charge in [0.15, 0.2) is 6.10 Å². The monoisotopic (exact) mass is 191 g/mol. The second-order valence-electron chi connectivity index (χ2n) is 3.65. The van der Waals surface area contributed by atoms with Crippen LogP contribution in [0.2, 0.25) is 0 Å². The fraction of sp³-hybridized carbons (Fsp3) is 0.364. The predicted octanol–water partition coefficient (Wildman–Crippen LogP) is 1.84. The van der Waals surface area contributed by atoms with Crippen LogP contribution in [0.15, 0.2) is 24.3 Å². The van der Waals surface area contributed by atoms with E-state index in [0.717, 1.165) is 5.56 Å². The molecule has 0 bridgehead atoms. The Hall–Kier alpha value is -1.35. The van der Waals surface area contributed by atoms with Gasteiger partial charge >= 0.3 is 5.97 Å². The fourth-order valence-electron chi connectivity index (χ4n) is 1.43. The van der Waals surface area contributed by atoms with Gasteiger partial charge in [-0.1, -0.05) is 24.3 Å². The topological polar surface area (TPSA) is 35.5 Å². The summed E-state index contributed by atoms with van der Waals surface area (Å²) in [5.74, 6) is -1.15. The summed E-state index contributed by atoms with van der Waals surface area (Å²) in [7, 11) is 0. The highest BCUT2D eigenvalue weighted by atomic mass is 16.8. The molecular weight excluding hydrogens is 180 g/mol. The third-order valence-electron chi connectivity index (χ3n) is 2.01. The van der Waals surface area contributed by atoms with Crippen LogP contribution in [0.4, 0.5) is 0 Å². The standard InChI is InChI=1S/C11H11O3/c1-11(2)13-9(10(12)14-11)8-6-4-3-5-7-8/h4-7,9H,1-2H3. The van der Waals surface area contributed by atoms with Crippen LogP contribution in [0.1, 0.15) is 25.5 Å². The smallest absolute Gasteiger partial charge is 0.342 e. The van der Waals surface area contributed by atoms with Gasteiger partial charge in [0, 0.05) is 13.8 Å². The van der Waals surface area contributed by atoms with E-state index < -0.39 is 11.9 Å². The van der Waals surface area contributed by atoms with Crippen molar-refractivity contribution in [1.82, 2.24) is 0 Å². The van der Waals surface area contributed by atoms with E-state index in [-0.39, 0.29) is 5.97 Å². The van der Waals surface area contributed by atoms with Crippen LogP contribution in [-0.4, -0.2) is 11.8 Å². The third kappa shape index (κ3) is 1.63. The first kappa shape index (κ1) is 9.21. The zero-order valence-electron chi connectivity index (χ0n) is 8.11. The maximum atomic E-state index is 11.4. The molecule has 1 atom stereocenters. The molecule has 1 aliphatic rings. The Labute approximate surface area is 82.6 Å². The van der Waals surface area contributed by atoms with Crippen LogP contribution in [-0.2, 0) is 14.3 Å². The van der Waals surface area contributed by atoms with Crippen LogP contribution in [0, 0.1) is 6.07 Å². The minimum Gasteiger partial charge on any atom is -0.431 e. The van der Waals surface area contributed by atoms with E-state index in [2.05, 4.69) is 6.07 Å². The highest BCUT2D eigenvalue weighted by Crippen LogP contribution is 2.33. The molecule has 0 aromatic heterocycles. The molecule has 73 valence electrons. The van der Waals surface area contributed by atoms with E-state index in [0.29, 0.717) is 0 Å². The van der Waals surface area contributed by atoms with Crippen LogP contribution >= 0.6 is 0 Å². The van der Waals surface area contributed by atoms with Crippen molar-refractivity contribution in [3.05, 3.63) is 35.9 Å². The highest BCUT2D eigenvalue weighted by molar-refractivity contribution is 5.78. The Morgan fingerprint density at radius 2 is 2.00 bits per heavy atom. The SMILES string of the molecule is CC1(C)OC(=O)C(c2cc[c]cc2)O1. The van der Waals surface area contributed by atoms with Gasteiger partial charge in [-0.15, -0.1) is 0 Å². The van der Waals surface area contributed by atoms with Crippen molar-refractivity contribution >= 4 is 5.97 Å². The summed E-state index contributed by atoms with van der Waals surface area (Å²) in [5.41, 5.74) is 0.805. The number of rotatable bonds is 1. The van der Waals surface area contributed by atoms with Crippen molar-refractivity contribution < 1.29 is 14.3 Å². The molecule has 0 spiro atoms. The van der Waals surface area contributed by atoms with E-state index in [9.17, 15) is 4.79 Å². The molecular formula is C11H11O3. The van der Waals surface area contributed by atoms with E-state index in [4.69, 9.17) is 9.47 Å². The van der Waals surface area contributed by atoms with E-state index >= 15 is 0 Å². The lowest BCUT2D eigenvalue weighted by molar-refractivity contribution is -0.160. The summed E-state index contributed by atoms with van der Waals surface area (Å²) >= 11 is 0. The maximum Gasteiger partial charge on any atom is 0.342 e. The fourth-order valence-corrected chi connectivity index (χ4v) is 1.43. The van der Waals surface area contributed by atoms with Crippen LogP contribution in [0.3, 0.4) is 0 Å². The normalized spacial score (nSPS) is 24.7. The van der Waals surface area contributed by atoms with Gasteiger partial charge in [0.25, 0.3) is 0 Å². The van der Waals surface area contributed by atoms with Crippen molar-refractivity contribution in [1.29, 1.82) is 0 Å². The molecule has 1 radical (unpaired) electrons. The molecule has 1 fully saturated rings. The van der Waals surface area contributed by atoms with Crippen molar-refractivity contribution in [3.63, 3.8) is 0 Å². The summed E-state index contributed by atoms with van der Waals surface area (Å²) in [4.78, 5) is 11.4. The molecule has 1 aromatic rings. The summed E-state index contributed by atoms with van der Waals surface area (Å²) in [6.07, 6.45) is -0.598. The first-order valence-electron chi connectivity index (χ1n) is 4.45. The Morgan fingerprint density at radius 1 is 1.36 bits per heavy atom. The van der Waals surface area contributed by atoms with Crippen molar-refractivity contribution in [2.24, 2.45) is 0 Å². The molecule has 14 heavy (non-hydrogen) atoms. The largest absolute Gasteiger partial charge is 0.431 e. The third-order valence-corrected chi connectivity index (χ3v) is 2.01. The number of esters is 1. The van der Waals surface area contributed by atoms with Gasteiger partial charge in [-0.2, -0.15) is 0 Å². The Morgan fingerprint density at radius 3 is 2.50 bits per heavy atom. The summed E-state index contributed by atoms with van der Waals surface area (Å²) in [5, 5.41) is 0. The first-order valence-corrected chi connectivity index (χ1v) is 4.45. The number of hydrogen-bond acceptors (Lipinski definition) is 3. The zero-order valence-corrected chi connectivity index (χ0v) is 8.11. The van der Waals surface area contributed by atoms with Crippen molar-refractivity contribution in [2.75, 3.05) is 0 Å². The highest BCUT2D eigenvalue weighted by Gasteiger charge is 2.41. The van der Waals surface area contributed by atoms with Gasteiger partial charge in [0.1, 0.15) is 0 Å². The summed E-state index contributed by atoms with van der Waals surface area (Å²) in [6, 6.07) is 9.98. The number of carbonyl (C=O) groups excluding carboxylic acids is 1. The van der Waals surface area contributed by atoms with Crippen molar-refractivity contribution in [3.8, 4) is 0 Å². The van der Waals surface area contributed by atoms with Gasteiger partial charge < -0.3 is 9.47 Å². The van der Waals surface area contributed by atoms with Crippen molar-refractivity contribution in [2.45, 2.75) is 25.7 Å². The van der Waals surface area contributed by atoms with E-state index in [1.54, 1.807) is 38.1 Å². The molecule has 0 amide bonds. The summed E-state index contributed by atoms with van der Waals surface area (Å²) in [6.45, 7) is 3.44. The quantitative estimate of drug-likeness (QED) is 0.635. The van der Waals surface area contributed by atoms with Gasteiger partial charge in [0.05, 0.1) is 0 Å². The Bertz CT molecular complexity index is 343. The Balaban J connectivity index is 2.26. The molecule has 3 nitrogen and oxygen atoms in total. The average Bonchev–Trinajstić information content (AvgIpc) is 2.41. The molecule has 1 aliphatic heterocycles. The number of benzene rings is 1. The molecule has 1 unspecified atom stereocenters. The first-order chi connectivity index (χ1) is 6.58. The average molecular weight is 191 g/mol. The minimum absolute atomic E-state index is 0.332. The van der Waals surface area contributed by atoms with Crippen LogP contribution in [0.5, 0.6) is 0 Å². The van der Waals surface area contributed by atoms with Gasteiger partial charge in [-0.05, 0) is 11.6 Å². The number of ether oxygens (including phenoxy) is 2. The lowest BCUT2D eigenvalue weighted by Gasteiger charge is -2.15. The lowest BCUT2D eigenvalue weighted by atomic mass is 10.1. The Kier molecular flexibility index (Phi) is 2.04. The van der Waals surface area contributed by atoms with E-state index in [1.807, 2.05) is 0 Å². The second kappa shape index (κ2) is 3.10. The molecule has 3 heteroatoms. The molecule has 1 heterocycles. The lowest BCUT2D eigenvalue weighted by Crippen LogP contribution is -2.20. The molecule has 0 aliphatic carbocycles. The van der Waals surface area contributed by atoms with E-state index in [1.165, 1.54) is 0 Å². The second-order valence-corrected chi connectivity index (χ2v) is 3.65.